The maximum absolute atomic E-state index is 13.3. The average Bonchev–Trinajstić information content (AvgIpc) is 3.33. The van der Waals surface area contributed by atoms with Crippen LogP contribution in [0.25, 0.3) is 0 Å². The third-order valence-corrected chi connectivity index (χ3v) is 9.95. The molecule has 7 aliphatic rings. The Hall–Kier alpha value is -1.12. The number of fused-ring (bicyclic) bond motifs is 5. The van der Waals surface area contributed by atoms with Gasteiger partial charge >= 0.3 is 5.97 Å². The monoisotopic (exact) mass is 338 g/mol. The highest BCUT2D eigenvalue weighted by atomic mass is 16.5. The van der Waals surface area contributed by atoms with E-state index in [1.54, 1.807) is 12.5 Å². The van der Waals surface area contributed by atoms with E-state index in [0.29, 0.717) is 47.9 Å². The predicted molar refractivity (Wildman–Crippen MR) is 90.1 cm³/mol. The molecule has 25 heavy (non-hydrogen) atoms. The number of rotatable bonds is 2. The average molecular weight is 338 g/mol. The highest BCUT2D eigenvalue weighted by Crippen LogP contribution is 2.81. The first kappa shape index (κ1) is 14.0. The maximum atomic E-state index is 13.3. The fourth-order valence-electron chi connectivity index (χ4n) is 10.1. The molecule has 0 spiro atoms. The first-order valence-corrected chi connectivity index (χ1v) is 10.6. The third-order valence-electron chi connectivity index (χ3n) is 9.95. The number of esters is 1. The Kier molecular flexibility index (Phi) is 2.37. The van der Waals surface area contributed by atoms with E-state index in [9.17, 15) is 9.59 Å². The fourth-order valence-corrected chi connectivity index (χ4v) is 10.1. The van der Waals surface area contributed by atoms with Gasteiger partial charge in [0.15, 0.2) is 5.78 Å². The van der Waals surface area contributed by atoms with Gasteiger partial charge < -0.3 is 4.74 Å². The Bertz CT molecular complexity index is 750. The number of carbonyl (C=O) groups is 2. The zero-order valence-electron chi connectivity index (χ0n) is 14.8. The number of ether oxygens (including phenoxy) is 1. The van der Waals surface area contributed by atoms with Crippen molar-refractivity contribution in [2.24, 2.45) is 65.1 Å². The lowest BCUT2D eigenvalue weighted by Gasteiger charge is -2.31. The lowest BCUT2D eigenvalue weighted by molar-refractivity contribution is -0.143. The summed E-state index contributed by atoms with van der Waals surface area (Å²) < 4.78 is 5.63. The van der Waals surface area contributed by atoms with Crippen LogP contribution >= 0.6 is 0 Å². The van der Waals surface area contributed by atoms with Crippen LogP contribution < -0.4 is 0 Å². The summed E-state index contributed by atoms with van der Waals surface area (Å²) in [5.74, 6) is 7.98. The highest BCUT2D eigenvalue weighted by molar-refractivity contribution is 6.03. The van der Waals surface area contributed by atoms with Crippen LogP contribution in [-0.2, 0) is 14.3 Å². The Morgan fingerprint density at radius 2 is 1.80 bits per heavy atom. The Morgan fingerprint density at radius 1 is 1.00 bits per heavy atom. The molecule has 0 aromatic heterocycles. The molecule has 5 saturated carbocycles. The van der Waals surface area contributed by atoms with Gasteiger partial charge in [-0.1, -0.05) is 12.0 Å². The summed E-state index contributed by atoms with van der Waals surface area (Å²) in [5, 5.41) is 0. The first-order chi connectivity index (χ1) is 12.2. The van der Waals surface area contributed by atoms with Crippen molar-refractivity contribution in [2.45, 2.75) is 39.0 Å². The van der Waals surface area contributed by atoms with E-state index < -0.39 is 0 Å². The lowest BCUT2D eigenvalue weighted by Crippen LogP contribution is -2.30. The zero-order valence-corrected chi connectivity index (χ0v) is 14.8. The SMILES string of the molecule is CC(=O)OC[C@@H]1[C@@H]2[C@H]3CCC[C@H]3[C@H]3[C@H]4C(=O)C5=C6[C@H]4[C@@H]([C@@H]23)[C@H]1[C@@H]6CC5. The zero-order chi connectivity index (χ0) is 16.6. The van der Waals surface area contributed by atoms with Gasteiger partial charge in [-0.05, 0) is 84.5 Å². The van der Waals surface area contributed by atoms with Crippen molar-refractivity contribution in [2.75, 3.05) is 6.61 Å². The van der Waals surface area contributed by atoms with Gasteiger partial charge in [0, 0.05) is 18.8 Å². The van der Waals surface area contributed by atoms with E-state index >= 15 is 0 Å². The van der Waals surface area contributed by atoms with Crippen LogP contribution in [0.4, 0.5) is 0 Å². The van der Waals surface area contributed by atoms with Crippen molar-refractivity contribution in [1.29, 1.82) is 0 Å². The summed E-state index contributed by atoms with van der Waals surface area (Å²) in [6, 6.07) is 0. The van der Waals surface area contributed by atoms with Crippen LogP contribution in [0.1, 0.15) is 39.0 Å². The second-order valence-corrected chi connectivity index (χ2v) is 10.1. The molecule has 0 N–H and O–H groups in total. The van der Waals surface area contributed by atoms with E-state index in [1.807, 2.05) is 0 Å². The van der Waals surface area contributed by atoms with Crippen molar-refractivity contribution < 1.29 is 14.3 Å². The number of Topliss-reactive ketones (excluding diaryl/α,β-unsaturated/α-hetero) is 1. The summed E-state index contributed by atoms with van der Waals surface area (Å²) in [6.45, 7) is 2.21. The van der Waals surface area contributed by atoms with E-state index in [2.05, 4.69) is 0 Å². The van der Waals surface area contributed by atoms with E-state index in [0.717, 1.165) is 36.0 Å². The molecule has 7 rings (SSSR count). The standard InChI is InChI=1S/C22H26O3/c1-8(23)25-7-13-14-9-3-2-4-10(9)17-18(14)19-16(13)11-5-6-12-15(11)20(19)21(17)22(12)24/h9-11,13-14,16-21H,2-7H2,1H3/t9-,10+,11+,13+,14-,16-,17+,18-,19+,20-,21+/m0/s1. The van der Waals surface area contributed by atoms with Crippen molar-refractivity contribution in [3.8, 4) is 0 Å². The Balaban J connectivity index is 1.40. The molecule has 0 radical (unpaired) electrons. The molecular formula is C22H26O3. The van der Waals surface area contributed by atoms with Gasteiger partial charge in [-0.2, -0.15) is 0 Å². The molecule has 0 amide bonds. The van der Waals surface area contributed by atoms with Crippen LogP contribution in [0.15, 0.2) is 11.1 Å². The van der Waals surface area contributed by atoms with Gasteiger partial charge in [0.25, 0.3) is 0 Å². The molecule has 0 heterocycles. The van der Waals surface area contributed by atoms with Crippen LogP contribution in [0.3, 0.4) is 0 Å². The lowest BCUT2D eigenvalue weighted by atomic mass is 9.75. The molecular weight excluding hydrogens is 312 g/mol. The minimum atomic E-state index is -0.118. The number of carbonyl (C=O) groups excluding carboxylic acids is 2. The van der Waals surface area contributed by atoms with Gasteiger partial charge in [-0.25, -0.2) is 0 Å². The molecule has 11 atom stereocenters. The van der Waals surface area contributed by atoms with Gasteiger partial charge in [0.2, 0.25) is 0 Å². The maximum Gasteiger partial charge on any atom is 0.302 e. The molecule has 3 nitrogen and oxygen atoms in total. The summed E-state index contributed by atoms with van der Waals surface area (Å²) in [4.78, 5) is 24.8. The molecule has 5 fully saturated rings. The number of hydrogen-bond donors (Lipinski definition) is 0. The first-order valence-electron chi connectivity index (χ1n) is 10.6. The third kappa shape index (κ3) is 1.32. The molecule has 0 aliphatic heterocycles. The van der Waals surface area contributed by atoms with E-state index in [4.69, 9.17) is 4.74 Å². The van der Waals surface area contributed by atoms with Crippen LogP contribution in [0.2, 0.25) is 0 Å². The van der Waals surface area contributed by atoms with E-state index in [1.165, 1.54) is 31.3 Å². The van der Waals surface area contributed by atoms with E-state index in [-0.39, 0.29) is 5.97 Å². The quantitative estimate of drug-likeness (QED) is 0.726. The second kappa shape index (κ2) is 4.23. The summed E-state index contributed by atoms with van der Waals surface area (Å²) in [7, 11) is 0. The molecule has 0 unspecified atom stereocenters. The highest BCUT2D eigenvalue weighted by Gasteiger charge is 2.78. The smallest absolute Gasteiger partial charge is 0.302 e. The topological polar surface area (TPSA) is 43.4 Å². The van der Waals surface area contributed by atoms with Gasteiger partial charge in [0.05, 0.1) is 6.61 Å². The molecule has 132 valence electrons. The van der Waals surface area contributed by atoms with Crippen LogP contribution in [0, 0.1) is 65.1 Å². The van der Waals surface area contributed by atoms with Crippen LogP contribution in [-0.4, -0.2) is 18.4 Å². The van der Waals surface area contributed by atoms with Gasteiger partial charge in [-0.3, -0.25) is 9.59 Å². The molecule has 7 aliphatic carbocycles. The van der Waals surface area contributed by atoms with Gasteiger partial charge in [0.1, 0.15) is 0 Å². The molecule has 0 aromatic carbocycles. The number of hydrogen-bond acceptors (Lipinski definition) is 3. The molecule has 0 bridgehead atoms. The molecule has 3 heteroatoms. The van der Waals surface area contributed by atoms with Crippen molar-refractivity contribution >= 4 is 11.8 Å². The fraction of sp³-hybridized carbons (Fsp3) is 0.818. The molecule has 0 saturated heterocycles. The summed E-state index contributed by atoms with van der Waals surface area (Å²) in [6.07, 6.45) is 6.32. The largest absolute Gasteiger partial charge is 0.466 e. The molecule has 0 aromatic rings. The predicted octanol–water partition coefficient (Wildman–Crippen LogP) is 3.24. The number of ketones is 1. The minimum Gasteiger partial charge on any atom is -0.466 e. The van der Waals surface area contributed by atoms with Crippen molar-refractivity contribution in [1.82, 2.24) is 0 Å². The van der Waals surface area contributed by atoms with Gasteiger partial charge in [-0.15, -0.1) is 0 Å². The van der Waals surface area contributed by atoms with Crippen molar-refractivity contribution in [3.63, 3.8) is 0 Å². The van der Waals surface area contributed by atoms with Crippen molar-refractivity contribution in [3.05, 3.63) is 11.1 Å². The second-order valence-electron chi connectivity index (χ2n) is 10.1. The Morgan fingerprint density at radius 3 is 2.60 bits per heavy atom. The summed E-state index contributed by atoms with van der Waals surface area (Å²) in [5.41, 5.74) is 2.90. The van der Waals surface area contributed by atoms with Crippen LogP contribution in [0.5, 0.6) is 0 Å². The summed E-state index contributed by atoms with van der Waals surface area (Å²) >= 11 is 0. The normalized spacial score (nSPS) is 58.4. The number of allylic oxidation sites excluding steroid dienone is 2. The Labute approximate surface area is 148 Å². The minimum absolute atomic E-state index is 0.118.